The Morgan fingerprint density at radius 3 is 2.61 bits per heavy atom. The molecule has 1 saturated carbocycles. The van der Waals surface area contributed by atoms with Gasteiger partial charge in [0.05, 0.1) is 12.1 Å². The van der Waals surface area contributed by atoms with Crippen LogP contribution in [-0.2, 0) is 0 Å². The molecule has 0 aromatic heterocycles. The molecular weight excluding hydrogens is 222 g/mol. The number of anilines is 1. The highest BCUT2D eigenvalue weighted by molar-refractivity contribution is 5.93. The van der Waals surface area contributed by atoms with Crippen LogP contribution in [-0.4, -0.2) is 17.3 Å². The van der Waals surface area contributed by atoms with Crippen molar-refractivity contribution in [2.75, 3.05) is 5.32 Å². The van der Waals surface area contributed by atoms with Crippen molar-refractivity contribution >= 4 is 16.5 Å². The summed E-state index contributed by atoms with van der Waals surface area (Å²) in [5.74, 6) is 0. The first kappa shape index (κ1) is 11.5. The number of aliphatic hydroxyl groups excluding tert-OH is 1. The molecule has 0 amide bonds. The first-order chi connectivity index (χ1) is 8.84. The molecule has 2 atom stereocenters. The molecule has 0 saturated heterocycles. The van der Waals surface area contributed by atoms with Crippen LogP contribution in [0.5, 0.6) is 0 Å². The second-order valence-corrected chi connectivity index (χ2v) is 5.13. The predicted octanol–water partition coefficient (Wildman–Crippen LogP) is 3.56. The van der Waals surface area contributed by atoms with Gasteiger partial charge in [0.2, 0.25) is 0 Å². The summed E-state index contributed by atoms with van der Waals surface area (Å²) in [7, 11) is 0. The fraction of sp³-hybridized carbons (Fsp3) is 0.375. The Balaban J connectivity index is 1.90. The Kier molecular flexibility index (Phi) is 3.20. The third-order valence-corrected chi connectivity index (χ3v) is 3.86. The molecule has 0 spiro atoms. The molecule has 2 unspecified atom stereocenters. The van der Waals surface area contributed by atoms with Crippen molar-refractivity contribution in [2.24, 2.45) is 0 Å². The Hall–Kier alpha value is -1.54. The highest BCUT2D eigenvalue weighted by atomic mass is 16.3. The van der Waals surface area contributed by atoms with E-state index in [1.807, 2.05) is 0 Å². The second-order valence-electron chi connectivity index (χ2n) is 5.13. The lowest BCUT2D eigenvalue weighted by molar-refractivity contribution is 0.116. The van der Waals surface area contributed by atoms with Crippen LogP contribution in [0, 0.1) is 0 Å². The van der Waals surface area contributed by atoms with Crippen LogP contribution in [0.15, 0.2) is 42.5 Å². The van der Waals surface area contributed by atoms with Crippen LogP contribution >= 0.6 is 0 Å². The molecule has 18 heavy (non-hydrogen) atoms. The molecule has 3 rings (SSSR count). The lowest BCUT2D eigenvalue weighted by Gasteiger charge is -2.29. The lowest BCUT2D eigenvalue weighted by atomic mass is 9.92. The van der Waals surface area contributed by atoms with Gasteiger partial charge in [-0.3, -0.25) is 0 Å². The summed E-state index contributed by atoms with van der Waals surface area (Å²) in [6.07, 6.45) is 4.12. The SMILES string of the molecule is OC1CCCCC1Nc1cccc2ccccc12. The quantitative estimate of drug-likeness (QED) is 0.842. The fourth-order valence-electron chi connectivity index (χ4n) is 2.83. The maximum absolute atomic E-state index is 10.0. The molecule has 94 valence electrons. The van der Waals surface area contributed by atoms with Gasteiger partial charge < -0.3 is 10.4 Å². The average molecular weight is 241 g/mol. The number of nitrogens with one attached hydrogen (secondary N) is 1. The van der Waals surface area contributed by atoms with Crippen molar-refractivity contribution in [1.29, 1.82) is 0 Å². The summed E-state index contributed by atoms with van der Waals surface area (Å²) in [6.45, 7) is 0. The zero-order valence-corrected chi connectivity index (χ0v) is 10.5. The molecule has 1 fully saturated rings. The van der Waals surface area contributed by atoms with Gasteiger partial charge in [-0.2, -0.15) is 0 Å². The van der Waals surface area contributed by atoms with Crippen molar-refractivity contribution in [3.63, 3.8) is 0 Å². The summed E-state index contributed by atoms with van der Waals surface area (Å²) >= 11 is 0. The molecule has 0 bridgehead atoms. The van der Waals surface area contributed by atoms with E-state index in [-0.39, 0.29) is 12.1 Å². The Bertz CT molecular complexity index is 532. The smallest absolute Gasteiger partial charge is 0.0741 e. The Morgan fingerprint density at radius 2 is 1.72 bits per heavy atom. The molecular formula is C16H19NO. The van der Waals surface area contributed by atoms with Crippen LogP contribution in [0.2, 0.25) is 0 Å². The predicted molar refractivity (Wildman–Crippen MR) is 75.8 cm³/mol. The van der Waals surface area contributed by atoms with Crippen molar-refractivity contribution in [2.45, 2.75) is 37.8 Å². The first-order valence-corrected chi connectivity index (χ1v) is 6.77. The number of hydrogen-bond donors (Lipinski definition) is 2. The molecule has 1 aliphatic rings. The fourth-order valence-corrected chi connectivity index (χ4v) is 2.83. The molecule has 2 nitrogen and oxygen atoms in total. The van der Waals surface area contributed by atoms with Gasteiger partial charge >= 0.3 is 0 Å². The van der Waals surface area contributed by atoms with Crippen LogP contribution in [0.25, 0.3) is 10.8 Å². The molecule has 0 aliphatic heterocycles. The molecule has 0 heterocycles. The van der Waals surface area contributed by atoms with Gasteiger partial charge in [-0.25, -0.2) is 0 Å². The largest absolute Gasteiger partial charge is 0.391 e. The van der Waals surface area contributed by atoms with E-state index >= 15 is 0 Å². The maximum atomic E-state index is 10.0. The van der Waals surface area contributed by atoms with Crippen LogP contribution in [0.3, 0.4) is 0 Å². The molecule has 2 aromatic carbocycles. The molecule has 0 radical (unpaired) electrons. The summed E-state index contributed by atoms with van der Waals surface area (Å²) in [5.41, 5.74) is 1.14. The minimum absolute atomic E-state index is 0.199. The van der Waals surface area contributed by atoms with E-state index in [2.05, 4.69) is 47.8 Å². The average Bonchev–Trinajstić information content (AvgIpc) is 2.42. The normalized spacial score (nSPS) is 24.1. The van der Waals surface area contributed by atoms with Gasteiger partial charge in [-0.05, 0) is 24.3 Å². The summed E-state index contributed by atoms with van der Waals surface area (Å²) in [5, 5.41) is 16.0. The van der Waals surface area contributed by atoms with Gasteiger partial charge in [-0.15, -0.1) is 0 Å². The van der Waals surface area contributed by atoms with Crippen LogP contribution < -0.4 is 5.32 Å². The van der Waals surface area contributed by atoms with Gasteiger partial charge in [0.15, 0.2) is 0 Å². The first-order valence-electron chi connectivity index (χ1n) is 6.77. The van der Waals surface area contributed by atoms with Crippen LogP contribution in [0.4, 0.5) is 5.69 Å². The highest BCUT2D eigenvalue weighted by Gasteiger charge is 2.22. The zero-order chi connectivity index (χ0) is 12.4. The van der Waals surface area contributed by atoms with E-state index < -0.39 is 0 Å². The molecule has 2 aromatic rings. The lowest BCUT2D eigenvalue weighted by Crippen LogP contribution is -2.36. The minimum Gasteiger partial charge on any atom is -0.391 e. The molecule has 2 heteroatoms. The van der Waals surface area contributed by atoms with Gasteiger partial charge in [0.25, 0.3) is 0 Å². The van der Waals surface area contributed by atoms with E-state index in [4.69, 9.17) is 0 Å². The maximum Gasteiger partial charge on any atom is 0.0741 e. The van der Waals surface area contributed by atoms with Gasteiger partial charge in [0, 0.05) is 11.1 Å². The number of rotatable bonds is 2. The van der Waals surface area contributed by atoms with E-state index in [1.165, 1.54) is 17.2 Å². The van der Waals surface area contributed by atoms with Gasteiger partial charge in [-0.1, -0.05) is 49.2 Å². The third-order valence-electron chi connectivity index (χ3n) is 3.86. The van der Waals surface area contributed by atoms with Gasteiger partial charge in [0.1, 0.15) is 0 Å². The molecule has 1 aliphatic carbocycles. The van der Waals surface area contributed by atoms with E-state index in [9.17, 15) is 5.11 Å². The number of benzene rings is 2. The zero-order valence-electron chi connectivity index (χ0n) is 10.5. The summed E-state index contributed by atoms with van der Waals surface area (Å²) < 4.78 is 0. The van der Waals surface area contributed by atoms with E-state index in [0.717, 1.165) is 24.9 Å². The summed E-state index contributed by atoms with van der Waals surface area (Å²) in [4.78, 5) is 0. The monoisotopic (exact) mass is 241 g/mol. The highest BCUT2D eigenvalue weighted by Crippen LogP contribution is 2.27. The van der Waals surface area contributed by atoms with Crippen molar-refractivity contribution in [3.8, 4) is 0 Å². The van der Waals surface area contributed by atoms with Crippen molar-refractivity contribution in [1.82, 2.24) is 0 Å². The number of hydrogen-bond acceptors (Lipinski definition) is 2. The number of aliphatic hydroxyl groups is 1. The second kappa shape index (κ2) is 4.99. The molecule has 2 N–H and O–H groups in total. The van der Waals surface area contributed by atoms with Crippen molar-refractivity contribution < 1.29 is 5.11 Å². The minimum atomic E-state index is -0.210. The van der Waals surface area contributed by atoms with Crippen LogP contribution in [0.1, 0.15) is 25.7 Å². The van der Waals surface area contributed by atoms with E-state index in [1.54, 1.807) is 0 Å². The third kappa shape index (κ3) is 2.21. The Labute approximate surface area is 108 Å². The van der Waals surface area contributed by atoms with E-state index in [0.29, 0.717) is 0 Å². The summed E-state index contributed by atoms with van der Waals surface area (Å²) in [6, 6.07) is 14.9. The Morgan fingerprint density at radius 1 is 0.944 bits per heavy atom. The van der Waals surface area contributed by atoms with Crippen molar-refractivity contribution in [3.05, 3.63) is 42.5 Å². The standard InChI is InChI=1S/C16H19NO/c18-16-11-4-3-9-15(16)17-14-10-5-7-12-6-1-2-8-13(12)14/h1-2,5-8,10,15-18H,3-4,9,11H2. The number of fused-ring (bicyclic) bond motifs is 1. The topological polar surface area (TPSA) is 32.3 Å².